The Bertz CT molecular complexity index is 578. The van der Waals surface area contributed by atoms with Crippen LogP contribution >= 0.6 is 27.5 Å². The maximum Gasteiger partial charge on any atom is 0.127 e. The van der Waals surface area contributed by atoms with E-state index in [0.717, 1.165) is 11.1 Å². The van der Waals surface area contributed by atoms with E-state index in [-0.39, 0.29) is 16.5 Å². The van der Waals surface area contributed by atoms with Crippen LogP contribution in [0.15, 0.2) is 36.4 Å². The normalized spacial score (nSPS) is 12.5. The predicted octanol–water partition coefficient (Wildman–Crippen LogP) is 5.61. The fraction of sp³-hybridized carbons (Fsp3) is 0.200. The Hall–Kier alpha value is -0.930. The van der Waals surface area contributed by atoms with Crippen molar-refractivity contribution in [1.82, 2.24) is 0 Å². The second kappa shape index (κ2) is 6.02. The molecule has 19 heavy (non-hydrogen) atoms. The number of benzene rings is 2. The van der Waals surface area contributed by atoms with Gasteiger partial charge in [0.1, 0.15) is 11.6 Å². The van der Waals surface area contributed by atoms with E-state index >= 15 is 0 Å². The van der Waals surface area contributed by atoms with Crippen LogP contribution in [0.5, 0.6) is 0 Å². The van der Waals surface area contributed by atoms with Gasteiger partial charge in [-0.3, -0.25) is 0 Å². The number of hydrogen-bond acceptors (Lipinski definition) is 0. The first-order chi connectivity index (χ1) is 8.99. The van der Waals surface area contributed by atoms with Crippen molar-refractivity contribution >= 4 is 27.5 Å². The summed E-state index contributed by atoms with van der Waals surface area (Å²) >= 11 is 9.48. The molecule has 0 nitrogen and oxygen atoms in total. The third-order valence-electron chi connectivity index (χ3n) is 3.02. The van der Waals surface area contributed by atoms with Gasteiger partial charge in [0.25, 0.3) is 0 Å². The maximum absolute atomic E-state index is 13.7. The highest BCUT2D eigenvalue weighted by atomic mass is 79.9. The molecule has 4 heteroatoms. The molecule has 2 aromatic rings. The van der Waals surface area contributed by atoms with Gasteiger partial charge in [0.05, 0.1) is 0 Å². The lowest BCUT2D eigenvalue weighted by atomic mass is 10.00. The summed E-state index contributed by atoms with van der Waals surface area (Å²) in [5, 5.41) is 0.388. The molecule has 1 unspecified atom stereocenters. The first-order valence-electron chi connectivity index (χ1n) is 5.82. The van der Waals surface area contributed by atoms with E-state index in [9.17, 15) is 8.78 Å². The SMILES string of the molecule is Cc1ccc(F)cc1C(Br)Cc1c(F)cccc1Cl. The molecule has 0 N–H and O–H groups in total. The topological polar surface area (TPSA) is 0 Å². The van der Waals surface area contributed by atoms with E-state index in [1.54, 1.807) is 18.2 Å². The molecule has 0 spiro atoms. The van der Waals surface area contributed by atoms with Gasteiger partial charge in [0, 0.05) is 15.4 Å². The van der Waals surface area contributed by atoms with Crippen LogP contribution < -0.4 is 0 Å². The van der Waals surface area contributed by atoms with Gasteiger partial charge in [-0.25, -0.2) is 8.78 Å². The molecule has 0 amide bonds. The van der Waals surface area contributed by atoms with E-state index < -0.39 is 0 Å². The zero-order valence-electron chi connectivity index (χ0n) is 10.3. The van der Waals surface area contributed by atoms with Crippen LogP contribution in [-0.2, 0) is 6.42 Å². The maximum atomic E-state index is 13.7. The molecule has 0 aliphatic heterocycles. The summed E-state index contributed by atoms with van der Waals surface area (Å²) in [4.78, 5) is -0.183. The Kier molecular flexibility index (Phi) is 4.58. The van der Waals surface area contributed by atoms with E-state index in [1.165, 1.54) is 18.2 Å². The summed E-state index contributed by atoms with van der Waals surface area (Å²) < 4.78 is 27.0. The van der Waals surface area contributed by atoms with Crippen molar-refractivity contribution < 1.29 is 8.78 Å². The molecule has 0 aliphatic carbocycles. The van der Waals surface area contributed by atoms with Crippen molar-refractivity contribution in [3.63, 3.8) is 0 Å². The van der Waals surface area contributed by atoms with Gasteiger partial charge in [-0.15, -0.1) is 0 Å². The van der Waals surface area contributed by atoms with Crippen molar-refractivity contribution in [3.05, 3.63) is 69.7 Å². The molecule has 0 aliphatic rings. The molecule has 0 aromatic heterocycles. The molecule has 0 radical (unpaired) electrons. The lowest BCUT2D eigenvalue weighted by molar-refractivity contribution is 0.607. The Labute approximate surface area is 124 Å². The van der Waals surface area contributed by atoms with Crippen LogP contribution in [0.25, 0.3) is 0 Å². The summed E-state index contributed by atoms with van der Waals surface area (Å²) in [5.41, 5.74) is 2.20. The van der Waals surface area contributed by atoms with E-state index in [0.29, 0.717) is 17.0 Å². The average Bonchev–Trinajstić information content (AvgIpc) is 2.37. The molecule has 0 heterocycles. The Morgan fingerprint density at radius 1 is 1.21 bits per heavy atom. The highest BCUT2D eigenvalue weighted by molar-refractivity contribution is 9.09. The van der Waals surface area contributed by atoms with E-state index in [1.807, 2.05) is 6.92 Å². The van der Waals surface area contributed by atoms with Gasteiger partial charge in [-0.2, -0.15) is 0 Å². The van der Waals surface area contributed by atoms with Gasteiger partial charge < -0.3 is 0 Å². The first kappa shape index (κ1) is 14.5. The van der Waals surface area contributed by atoms with Crippen molar-refractivity contribution in [1.29, 1.82) is 0 Å². The Balaban J connectivity index is 2.31. The lowest BCUT2D eigenvalue weighted by Crippen LogP contribution is -2.01. The number of halogens is 4. The second-order valence-electron chi connectivity index (χ2n) is 4.37. The van der Waals surface area contributed by atoms with E-state index in [2.05, 4.69) is 15.9 Å². The summed E-state index contributed by atoms with van der Waals surface area (Å²) in [6, 6.07) is 9.18. The number of aryl methyl sites for hydroxylation is 1. The monoisotopic (exact) mass is 344 g/mol. The van der Waals surface area contributed by atoms with Crippen LogP contribution in [0.3, 0.4) is 0 Å². The molecule has 0 bridgehead atoms. The number of hydrogen-bond donors (Lipinski definition) is 0. The molecule has 1 atom stereocenters. The largest absolute Gasteiger partial charge is 0.207 e. The zero-order valence-corrected chi connectivity index (χ0v) is 12.6. The quantitative estimate of drug-likeness (QED) is 0.635. The van der Waals surface area contributed by atoms with Crippen LogP contribution in [0.1, 0.15) is 21.5 Å². The Morgan fingerprint density at radius 2 is 1.95 bits per heavy atom. The number of rotatable bonds is 3. The summed E-state index contributed by atoms with van der Waals surface area (Å²) in [6.07, 6.45) is 0.371. The van der Waals surface area contributed by atoms with Crippen molar-refractivity contribution in [2.24, 2.45) is 0 Å². The predicted molar refractivity (Wildman–Crippen MR) is 77.9 cm³/mol. The molecule has 2 rings (SSSR count). The lowest BCUT2D eigenvalue weighted by Gasteiger charge is -2.14. The molecular formula is C15H12BrClF2. The van der Waals surface area contributed by atoms with Gasteiger partial charge in [-0.1, -0.05) is 39.7 Å². The highest BCUT2D eigenvalue weighted by Gasteiger charge is 2.16. The van der Waals surface area contributed by atoms with Gasteiger partial charge in [0.15, 0.2) is 0 Å². The molecule has 100 valence electrons. The van der Waals surface area contributed by atoms with Crippen molar-refractivity contribution in [2.75, 3.05) is 0 Å². The summed E-state index contributed by atoms with van der Waals surface area (Å²) in [7, 11) is 0. The molecule has 0 saturated heterocycles. The smallest absolute Gasteiger partial charge is 0.127 e. The number of alkyl halides is 1. The molecule has 0 fully saturated rings. The molecule has 2 aromatic carbocycles. The standard InChI is InChI=1S/C15H12BrClF2/c1-9-5-6-10(18)7-11(9)13(16)8-12-14(17)3-2-4-15(12)19/h2-7,13H,8H2,1H3. The minimum Gasteiger partial charge on any atom is -0.207 e. The van der Waals surface area contributed by atoms with Gasteiger partial charge in [-0.05, 0) is 48.7 Å². The molecule has 0 saturated carbocycles. The first-order valence-corrected chi connectivity index (χ1v) is 7.11. The van der Waals surface area contributed by atoms with Crippen molar-refractivity contribution in [3.8, 4) is 0 Å². The zero-order chi connectivity index (χ0) is 14.0. The fourth-order valence-corrected chi connectivity index (χ4v) is 3.02. The van der Waals surface area contributed by atoms with E-state index in [4.69, 9.17) is 11.6 Å². The van der Waals surface area contributed by atoms with Gasteiger partial charge >= 0.3 is 0 Å². The summed E-state index contributed by atoms with van der Waals surface area (Å²) in [5.74, 6) is -0.643. The average molecular weight is 346 g/mol. The third-order valence-corrected chi connectivity index (χ3v) is 4.19. The second-order valence-corrected chi connectivity index (χ2v) is 5.89. The Morgan fingerprint density at radius 3 is 2.63 bits per heavy atom. The third kappa shape index (κ3) is 3.34. The highest BCUT2D eigenvalue weighted by Crippen LogP contribution is 2.33. The van der Waals surface area contributed by atoms with Crippen LogP contribution in [0.2, 0.25) is 5.02 Å². The van der Waals surface area contributed by atoms with Gasteiger partial charge in [0.2, 0.25) is 0 Å². The van der Waals surface area contributed by atoms with Crippen molar-refractivity contribution in [2.45, 2.75) is 18.2 Å². The van der Waals surface area contributed by atoms with Crippen LogP contribution in [-0.4, -0.2) is 0 Å². The molecular weight excluding hydrogens is 334 g/mol. The minimum absolute atomic E-state index is 0.183. The van der Waals surface area contributed by atoms with Crippen LogP contribution in [0, 0.1) is 18.6 Å². The fourth-order valence-electron chi connectivity index (χ4n) is 1.97. The van der Waals surface area contributed by atoms with Crippen LogP contribution in [0.4, 0.5) is 8.78 Å². The summed E-state index contributed by atoms with van der Waals surface area (Å²) in [6.45, 7) is 1.89. The minimum atomic E-state index is -0.342.